The fraction of sp³-hybridized carbons (Fsp3) is 0.417. The smallest absolute Gasteiger partial charge is 0.141 e. The van der Waals surface area contributed by atoms with Crippen LogP contribution >= 0.6 is 12.2 Å². The van der Waals surface area contributed by atoms with Crippen molar-refractivity contribution in [2.45, 2.75) is 13.8 Å². The molecular weight excluding hydrogens is 220 g/mol. The molecular formula is C12H18N2OS. The zero-order valence-electron chi connectivity index (χ0n) is 9.91. The molecule has 0 spiro atoms. The van der Waals surface area contributed by atoms with Crippen molar-refractivity contribution in [2.75, 3.05) is 19.0 Å². The molecule has 0 fully saturated rings. The fourth-order valence-corrected chi connectivity index (χ4v) is 1.41. The molecule has 1 rings (SSSR count). The summed E-state index contributed by atoms with van der Waals surface area (Å²) in [6.45, 7) is 4.76. The maximum atomic E-state index is 5.56. The molecule has 1 aromatic carbocycles. The summed E-state index contributed by atoms with van der Waals surface area (Å²) in [6.07, 6.45) is 0. The molecule has 3 N–H and O–H groups in total. The number of methoxy groups -OCH3 is 1. The van der Waals surface area contributed by atoms with Crippen molar-refractivity contribution in [3.8, 4) is 5.75 Å². The average Bonchev–Trinajstić information content (AvgIpc) is 2.25. The standard InChI is InChI=1S/C12H18N2OS/c1-8-4-5-11(15-3)10(6-8)14-7-9(2)12(13)16/h4-6,9,14H,7H2,1-3H3,(H2,13,16). The van der Waals surface area contributed by atoms with Gasteiger partial charge >= 0.3 is 0 Å². The second kappa shape index (κ2) is 5.70. The molecule has 0 saturated carbocycles. The highest BCUT2D eigenvalue weighted by atomic mass is 32.1. The van der Waals surface area contributed by atoms with E-state index in [0.29, 0.717) is 4.99 Å². The minimum atomic E-state index is 0.167. The number of ether oxygens (including phenoxy) is 1. The summed E-state index contributed by atoms with van der Waals surface area (Å²) in [6, 6.07) is 6.01. The van der Waals surface area contributed by atoms with E-state index in [1.54, 1.807) is 7.11 Å². The molecule has 0 heterocycles. The third-order valence-corrected chi connectivity index (χ3v) is 2.84. The molecule has 0 aliphatic carbocycles. The van der Waals surface area contributed by atoms with Gasteiger partial charge in [0.25, 0.3) is 0 Å². The lowest BCUT2D eigenvalue weighted by molar-refractivity contribution is 0.416. The Morgan fingerprint density at radius 1 is 1.56 bits per heavy atom. The van der Waals surface area contributed by atoms with E-state index in [4.69, 9.17) is 22.7 Å². The third-order valence-electron chi connectivity index (χ3n) is 2.44. The van der Waals surface area contributed by atoms with Gasteiger partial charge in [0, 0.05) is 12.5 Å². The Bertz CT molecular complexity index is 379. The van der Waals surface area contributed by atoms with Gasteiger partial charge in [0.15, 0.2) is 0 Å². The molecule has 1 aromatic rings. The summed E-state index contributed by atoms with van der Waals surface area (Å²) in [4.78, 5) is 0.527. The van der Waals surface area contributed by atoms with Crippen LogP contribution in [-0.2, 0) is 0 Å². The Labute approximate surface area is 102 Å². The quantitative estimate of drug-likeness (QED) is 0.773. The van der Waals surface area contributed by atoms with E-state index in [1.165, 1.54) is 5.56 Å². The Kier molecular flexibility index (Phi) is 4.55. The molecule has 3 nitrogen and oxygen atoms in total. The fourth-order valence-electron chi connectivity index (χ4n) is 1.32. The first kappa shape index (κ1) is 12.8. The van der Waals surface area contributed by atoms with Crippen LogP contribution in [0.25, 0.3) is 0 Å². The van der Waals surface area contributed by atoms with Crippen LogP contribution in [0.1, 0.15) is 12.5 Å². The molecule has 0 radical (unpaired) electrons. The number of hydrogen-bond acceptors (Lipinski definition) is 3. The maximum absolute atomic E-state index is 5.56. The largest absolute Gasteiger partial charge is 0.495 e. The second-order valence-corrected chi connectivity index (χ2v) is 4.36. The van der Waals surface area contributed by atoms with E-state index in [1.807, 2.05) is 32.0 Å². The van der Waals surface area contributed by atoms with Gasteiger partial charge in [-0.05, 0) is 24.6 Å². The van der Waals surface area contributed by atoms with Gasteiger partial charge in [-0.25, -0.2) is 0 Å². The molecule has 16 heavy (non-hydrogen) atoms. The lowest BCUT2D eigenvalue weighted by Gasteiger charge is -2.15. The van der Waals surface area contributed by atoms with Crippen LogP contribution in [0.15, 0.2) is 18.2 Å². The van der Waals surface area contributed by atoms with Gasteiger partial charge in [-0.1, -0.05) is 25.2 Å². The minimum Gasteiger partial charge on any atom is -0.495 e. The number of benzene rings is 1. The normalized spacial score (nSPS) is 11.9. The Morgan fingerprint density at radius 2 is 2.25 bits per heavy atom. The topological polar surface area (TPSA) is 47.3 Å². The highest BCUT2D eigenvalue weighted by molar-refractivity contribution is 7.80. The van der Waals surface area contributed by atoms with E-state index in [2.05, 4.69) is 5.32 Å². The van der Waals surface area contributed by atoms with Crippen LogP contribution in [0, 0.1) is 12.8 Å². The zero-order valence-corrected chi connectivity index (χ0v) is 10.7. The van der Waals surface area contributed by atoms with Gasteiger partial charge in [-0.3, -0.25) is 0 Å². The van der Waals surface area contributed by atoms with E-state index in [9.17, 15) is 0 Å². The Morgan fingerprint density at radius 3 is 2.81 bits per heavy atom. The molecule has 0 bridgehead atoms. The molecule has 0 aliphatic rings. The number of anilines is 1. The number of nitrogens with two attached hydrogens (primary N) is 1. The van der Waals surface area contributed by atoms with E-state index < -0.39 is 0 Å². The lowest BCUT2D eigenvalue weighted by atomic mass is 10.1. The molecule has 0 amide bonds. The van der Waals surface area contributed by atoms with Crippen molar-refractivity contribution >= 4 is 22.9 Å². The van der Waals surface area contributed by atoms with Gasteiger partial charge in [0.05, 0.1) is 17.8 Å². The number of thiocarbonyl (C=S) groups is 1. The second-order valence-electron chi connectivity index (χ2n) is 3.89. The highest BCUT2D eigenvalue weighted by Gasteiger charge is 2.07. The van der Waals surface area contributed by atoms with Crippen molar-refractivity contribution in [3.63, 3.8) is 0 Å². The first-order valence-electron chi connectivity index (χ1n) is 5.22. The van der Waals surface area contributed by atoms with Gasteiger partial charge in [0.1, 0.15) is 5.75 Å². The molecule has 1 atom stereocenters. The number of nitrogens with one attached hydrogen (secondary N) is 1. The van der Waals surface area contributed by atoms with Crippen molar-refractivity contribution < 1.29 is 4.74 Å². The van der Waals surface area contributed by atoms with E-state index >= 15 is 0 Å². The lowest BCUT2D eigenvalue weighted by Crippen LogP contribution is -2.25. The van der Waals surface area contributed by atoms with Crippen molar-refractivity contribution in [1.29, 1.82) is 0 Å². The van der Waals surface area contributed by atoms with Gasteiger partial charge in [-0.2, -0.15) is 0 Å². The van der Waals surface area contributed by atoms with Crippen LogP contribution in [0.4, 0.5) is 5.69 Å². The maximum Gasteiger partial charge on any atom is 0.141 e. The average molecular weight is 238 g/mol. The number of hydrogen-bond donors (Lipinski definition) is 2. The summed E-state index contributed by atoms with van der Waals surface area (Å²) >= 11 is 4.93. The summed E-state index contributed by atoms with van der Waals surface area (Å²) in [7, 11) is 1.66. The van der Waals surface area contributed by atoms with Crippen molar-refractivity contribution in [1.82, 2.24) is 0 Å². The van der Waals surface area contributed by atoms with E-state index in [0.717, 1.165) is 18.0 Å². The van der Waals surface area contributed by atoms with Crippen LogP contribution in [0.5, 0.6) is 5.75 Å². The molecule has 0 aliphatic heterocycles. The first-order valence-corrected chi connectivity index (χ1v) is 5.63. The van der Waals surface area contributed by atoms with Crippen molar-refractivity contribution in [2.24, 2.45) is 11.7 Å². The predicted molar refractivity (Wildman–Crippen MR) is 72.2 cm³/mol. The molecule has 4 heteroatoms. The van der Waals surface area contributed by atoms with Crippen LogP contribution < -0.4 is 15.8 Å². The summed E-state index contributed by atoms with van der Waals surface area (Å²) < 4.78 is 5.27. The first-order chi connectivity index (χ1) is 7.54. The number of aryl methyl sites for hydroxylation is 1. The predicted octanol–water partition coefficient (Wildman–Crippen LogP) is 2.34. The SMILES string of the molecule is COc1ccc(C)cc1NCC(C)C(N)=S. The zero-order chi connectivity index (χ0) is 12.1. The van der Waals surface area contributed by atoms with Gasteiger partial charge < -0.3 is 15.8 Å². The highest BCUT2D eigenvalue weighted by Crippen LogP contribution is 2.25. The Hall–Kier alpha value is -1.29. The van der Waals surface area contributed by atoms with Crippen LogP contribution in [-0.4, -0.2) is 18.6 Å². The van der Waals surface area contributed by atoms with Crippen LogP contribution in [0.3, 0.4) is 0 Å². The summed E-state index contributed by atoms with van der Waals surface area (Å²) in [5.74, 6) is 1.00. The third kappa shape index (κ3) is 3.38. The van der Waals surface area contributed by atoms with Crippen LogP contribution in [0.2, 0.25) is 0 Å². The van der Waals surface area contributed by atoms with E-state index in [-0.39, 0.29) is 5.92 Å². The molecule has 0 aromatic heterocycles. The monoisotopic (exact) mass is 238 g/mol. The van der Waals surface area contributed by atoms with Gasteiger partial charge in [0.2, 0.25) is 0 Å². The summed E-state index contributed by atoms with van der Waals surface area (Å²) in [5.41, 5.74) is 7.72. The minimum absolute atomic E-state index is 0.167. The summed E-state index contributed by atoms with van der Waals surface area (Å²) in [5, 5.41) is 3.29. The molecule has 0 saturated heterocycles. The molecule has 1 unspecified atom stereocenters. The molecule has 88 valence electrons. The van der Waals surface area contributed by atoms with Gasteiger partial charge in [-0.15, -0.1) is 0 Å². The van der Waals surface area contributed by atoms with Crippen molar-refractivity contribution in [3.05, 3.63) is 23.8 Å². The Balaban J connectivity index is 2.72. The number of rotatable bonds is 5.